The molecule has 0 amide bonds. The van der Waals surface area contributed by atoms with Crippen LogP contribution < -0.4 is 0 Å². The maximum atomic E-state index is 10.6. The lowest BCUT2D eigenvalue weighted by molar-refractivity contribution is -0.133. The van der Waals surface area contributed by atoms with E-state index in [2.05, 4.69) is 10.2 Å². The number of thioether (sulfide) groups is 1. The fourth-order valence-corrected chi connectivity index (χ4v) is 2.21. The first-order chi connectivity index (χ1) is 8.69. The zero-order valence-corrected chi connectivity index (χ0v) is 11.6. The fraction of sp³-hybridized carbons (Fsp3) is 0.727. The van der Waals surface area contributed by atoms with Gasteiger partial charge in [-0.25, -0.2) is 0 Å². The van der Waals surface area contributed by atoms with Gasteiger partial charge in [-0.1, -0.05) is 18.7 Å². The molecule has 0 bridgehead atoms. The minimum absolute atomic E-state index is 0.00725. The van der Waals surface area contributed by atoms with Crippen molar-refractivity contribution in [2.24, 2.45) is 0 Å². The lowest BCUT2D eigenvalue weighted by atomic mass is 10.4. The Balaban J connectivity index is 2.60. The summed E-state index contributed by atoms with van der Waals surface area (Å²) in [5.41, 5.74) is 0. The van der Waals surface area contributed by atoms with Gasteiger partial charge >= 0.3 is 5.97 Å². The SMILES string of the molecule is CCOCCCn1c(CC)nnc1SCC(=O)O. The van der Waals surface area contributed by atoms with Crippen molar-refractivity contribution in [1.29, 1.82) is 0 Å². The highest BCUT2D eigenvalue weighted by atomic mass is 32.2. The van der Waals surface area contributed by atoms with Crippen LogP contribution in [-0.4, -0.2) is 44.8 Å². The van der Waals surface area contributed by atoms with Crippen LogP contribution in [0.25, 0.3) is 0 Å². The number of hydrogen-bond acceptors (Lipinski definition) is 5. The van der Waals surface area contributed by atoms with Crippen LogP contribution >= 0.6 is 11.8 Å². The van der Waals surface area contributed by atoms with Crippen LogP contribution in [-0.2, 0) is 22.5 Å². The maximum absolute atomic E-state index is 10.6. The lowest BCUT2D eigenvalue weighted by Crippen LogP contribution is -2.08. The van der Waals surface area contributed by atoms with Gasteiger partial charge in [0.2, 0.25) is 0 Å². The number of hydrogen-bond donors (Lipinski definition) is 1. The Morgan fingerprint density at radius 2 is 2.22 bits per heavy atom. The van der Waals surface area contributed by atoms with Gasteiger partial charge in [0.15, 0.2) is 5.16 Å². The number of aromatic nitrogens is 3. The van der Waals surface area contributed by atoms with E-state index in [0.717, 1.165) is 25.2 Å². The molecule has 0 aromatic carbocycles. The van der Waals surface area contributed by atoms with Crippen molar-refractivity contribution in [3.05, 3.63) is 5.82 Å². The van der Waals surface area contributed by atoms with E-state index in [-0.39, 0.29) is 5.75 Å². The van der Waals surface area contributed by atoms with Crippen LogP contribution in [0.4, 0.5) is 0 Å². The van der Waals surface area contributed by atoms with Gasteiger partial charge in [0.1, 0.15) is 5.82 Å². The normalized spacial score (nSPS) is 10.8. The number of aryl methyl sites for hydroxylation is 1. The molecule has 0 atom stereocenters. The minimum Gasteiger partial charge on any atom is -0.481 e. The number of carboxylic acid groups (broad SMARTS) is 1. The molecule has 7 heteroatoms. The van der Waals surface area contributed by atoms with Crippen molar-refractivity contribution in [2.45, 2.75) is 38.4 Å². The van der Waals surface area contributed by atoms with Crippen molar-refractivity contribution in [3.63, 3.8) is 0 Å². The maximum Gasteiger partial charge on any atom is 0.313 e. The molecule has 18 heavy (non-hydrogen) atoms. The molecule has 1 aromatic rings. The van der Waals surface area contributed by atoms with E-state index >= 15 is 0 Å². The molecular formula is C11H19N3O3S. The monoisotopic (exact) mass is 273 g/mol. The van der Waals surface area contributed by atoms with Crippen molar-refractivity contribution >= 4 is 17.7 Å². The van der Waals surface area contributed by atoms with Crippen LogP contribution in [0.3, 0.4) is 0 Å². The number of ether oxygens (including phenoxy) is 1. The van der Waals surface area contributed by atoms with Crippen molar-refractivity contribution in [1.82, 2.24) is 14.8 Å². The highest BCUT2D eigenvalue weighted by Gasteiger charge is 2.12. The first-order valence-electron chi connectivity index (χ1n) is 6.03. The summed E-state index contributed by atoms with van der Waals surface area (Å²) in [4.78, 5) is 10.6. The van der Waals surface area contributed by atoms with Crippen LogP contribution in [0.2, 0.25) is 0 Å². The van der Waals surface area contributed by atoms with E-state index in [1.807, 2.05) is 18.4 Å². The quantitative estimate of drug-likeness (QED) is 0.542. The Kier molecular flexibility index (Phi) is 6.74. The molecule has 0 saturated carbocycles. The topological polar surface area (TPSA) is 77.2 Å². The molecule has 0 aliphatic carbocycles. The Hall–Kier alpha value is -1.08. The van der Waals surface area contributed by atoms with Gasteiger partial charge in [-0.3, -0.25) is 4.79 Å². The summed E-state index contributed by atoms with van der Waals surface area (Å²) in [7, 11) is 0. The Morgan fingerprint density at radius 1 is 1.44 bits per heavy atom. The number of carbonyl (C=O) groups is 1. The molecule has 0 spiro atoms. The van der Waals surface area contributed by atoms with E-state index in [1.165, 1.54) is 11.8 Å². The molecule has 0 aliphatic heterocycles. The molecule has 0 radical (unpaired) electrons. The summed E-state index contributed by atoms with van der Waals surface area (Å²) < 4.78 is 7.27. The second-order valence-electron chi connectivity index (χ2n) is 3.64. The van der Waals surface area contributed by atoms with Crippen molar-refractivity contribution in [3.8, 4) is 0 Å². The first-order valence-corrected chi connectivity index (χ1v) is 7.02. The molecule has 102 valence electrons. The van der Waals surface area contributed by atoms with Gasteiger partial charge in [-0.05, 0) is 13.3 Å². The number of carboxylic acids is 1. The fourth-order valence-electron chi connectivity index (χ4n) is 1.51. The molecule has 0 unspecified atom stereocenters. The first kappa shape index (κ1) is 15.0. The third kappa shape index (κ3) is 4.66. The lowest BCUT2D eigenvalue weighted by Gasteiger charge is -2.08. The zero-order valence-electron chi connectivity index (χ0n) is 10.8. The summed E-state index contributed by atoms with van der Waals surface area (Å²) in [6.45, 7) is 6.14. The third-order valence-corrected chi connectivity index (χ3v) is 3.26. The van der Waals surface area contributed by atoms with Gasteiger partial charge in [0.05, 0.1) is 5.75 Å². The summed E-state index contributed by atoms with van der Waals surface area (Å²) in [5.74, 6) is 0.0501. The molecule has 0 aliphatic rings. The average Bonchev–Trinajstić information content (AvgIpc) is 2.74. The molecule has 0 saturated heterocycles. The van der Waals surface area contributed by atoms with Crippen LogP contribution in [0.5, 0.6) is 0 Å². The van der Waals surface area contributed by atoms with Gasteiger partial charge in [-0.2, -0.15) is 0 Å². The summed E-state index contributed by atoms with van der Waals surface area (Å²) in [6, 6.07) is 0. The predicted octanol–water partition coefficient (Wildman–Crippen LogP) is 1.44. The third-order valence-electron chi connectivity index (χ3n) is 2.31. The van der Waals surface area contributed by atoms with Crippen molar-refractivity contribution in [2.75, 3.05) is 19.0 Å². The minimum atomic E-state index is -0.845. The molecular weight excluding hydrogens is 254 g/mol. The Bertz CT molecular complexity index is 382. The average molecular weight is 273 g/mol. The van der Waals surface area contributed by atoms with Gasteiger partial charge in [-0.15, -0.1) is 10.2 Å². The number of rotatable bonds is 9. The second-order valence-corrected chi connectivity index (χ2v) is 4.58. The van der Waals surface area contributed by atoms with Crippen molar-refractivity contribution < 1.29 is 14.6 Å². The van der Waals surface area contributed by atoms with E-state index in [0.29, 0.717) is 18.4 Å². The smallest absolute Gasteiger partial charge is 0.313 e. The second kappa shape index (κ2) is 8.10. The largest absolute Gasteiger partial charge is 0.481 e. The summed E-state index contributed by atoms with van der Waals surface area (Å²) in [5, 5.41) is 17.4. The predicted molar refractivity (Wildman–Crippen MR) is 68.9 cm³/mol. The number of nitrogens with zero attached hydrogens (tertiary/aromatic N) is 3. The van der Waals surface area contributed by atoms with Crippen LogP contribution in [0.1, 0.15) is 26.1 Å². The van der Waals surface area contributed by atoms with E-state index in [9.17, 15) is 4.79 Å². The van der Waals surface area contributed by atoms with Crippen LogP contribution in [0.15, 0.2) is 5.16 Å². The Morgan fingerprint density at radius 3 is 2.83 bits per heavy atom. The summed E-state index contributed by atoms with van der Waals surface area (Å²) >= 11 is 1.20. The highest BCUT2D eigenvalue weighted by Crippen LogP contribution is 2.17. The molecule has 1 rings (SSSR count). The zero-order chi connectivity index (χ0) is 13.4. The van der Waals surface area contributed by atoms with E-state index < -0.39 is 5.97 Å². The summed E-state index contributed by atoms with van der Waals surface area (Å²) in [6.07, 6.45) is 1.66. The van der Waals surface area contributed by atoms with Crippen LogP contribution in [0, 0.1) is 0 Å². The van der Waals surface area contributed by atoms with Gasteiger partial charge < -0.3 is 14.4 Å². The standard InChI is InChI=1S/C11H19N3O3S/c1-3-9-12-13-11(18-8-10(15)16)14(9)6-5-7-17-4-2/h3-8H2,1-2H3,(H,15,16). The molecule has 1 N–H and O–H groups in total. The molecule has 1 heterocycles. The van der Waals surface area contributed by atoms with Gasteiger partial charge in [0, 0.05) is 26.2 Å². The number of aliphatic carboxylic acids is 1. The van der Waals surface area contributed by atoms with E-state index in [1.54, 1.807) is 0 Å². The molecule has 0 fully saturated rings. The molecule has 6 nitrogen and oxygen atoms in total. The van der Waals surface area contributed by atoms with Gasteiger partial charge in [0.25, 0.3) is 0 Å². The molecule has 1 aromatic heterocycles. The van der Waals surface area contributed by atoms with E-state index in [4.69, 9.17) is 9.84 Å². The Labute approximate surface area is 111 Å². The highest BCUT2D eigenvalue weighted by molar-refractivity contribution is 7.99.